The van der Waals surface area contributed by atoms with Crippen LogP contribution in [-0.4, -0.2) is 23.9 Å². The van der Waals surface area contributed by atoms with Crippen LogP contribution in [0.1, 0.15) is 84.3 Å². The lowest BCUT2D eigenvalue weighted by Gasteiger charge is -2.29. The summed E-state index contributed by atoms with van der Waals surface area (Å²) in [6.45, 7) is 12.9. The second kappa shape index (κ2) is 9.81. The molecule has 1 unspecified atom stereocenters. The molecule has 1 fully saturated rings. The molecule has 2 heteroatoms. The minimum atomic E-state index is -0.114. The van der Waals surface area contributed by atoms with E-state index in [1.165, 1.54) is 82.4 Å². The molecule has 0 bridgehead atoms. The third-order valence-corrected chi connectivity index (χ3v) is 9.97. The standard InChI is InChI=1S/C37H45N2/c1-26(2)21-23-37(5)34(38(6)32-20-19-28-15-9-10-16-29(28)35(32)37)25-33-36(3,4)30-17-11-12-18-31(30)39(33)24-22-27-13-7-8-14-27/h9-12,15-21,25,27H,7-8,13-14,22-24H2,1-6H3/q+1. The molecular formula is C37H45N2+. The molecule has 0 aromatic heterocycles. The molecule has 1 saturated carbocycles. The van der Waals surface area contributed by atoms with Crippen LogP contribution in [0.2, 0.25) is 0 Å². The van der Waals surface area contributed by atoms with E-state index in [1.54, 1.807) is 0 Å². The SMILES string of the molecule is CC(C)=CCC1(C)C(=CC2=[N+](CCC3CCCC3)c3ccccc3C2(C)C)N(C)c2ccc3ccccc3c21. The lowest BCUT2D eigenvalue weighted by atomic mass is 9.74. The van der Waals surface area contributed by atoms with Crippen molar-refractivity contribution in [2.75, 3.05) is 18.5 Å². The molecule has 3 aromatic carbocycles. The van der Waals surface area contributed by atoms with E-state index in [2.05, 4.69) is 124 Å². The van der Waals surface area contributed by atoms with Gasteiger partial charge in [0.25, 0.3) is 0 Å². The summed E-state index contributed by atoms with van der Waals surface area (Å²) in [6.07, 6.45) is 12.9. The second-order valence-electron chi connectivity index (χ2n) is 13.2. The maximum Gasteiger partial charge on any atom is 0.209 e. The number of allylic oxidation sites excluding steroid dienone is 4. The van der Waals surface area contributed by atoms with Crippen LogP contribution in [-0.2, 0) is 10.8 Å². The van der Waals surface area contributed by atoms with Gasteiger partial charge >= 0.3 is 0 Å². The molecule has 0 spiro atoms. The van der Waals surface area contributed by atoms with Crippen LogP contribution in [0.15, 0.2) is 84.1 Å². The number of rotatable bonds is 6. The van der Waals surface area contributed by atoms with Gasteiger partial charge in [0, 0.05) is 48.0 Å². The summed E-state index contributed by atoms with van der Waals surface area (Å²) in [7, 11) is 2.28. The van der Waals surface area contributed by atoms with E-state index in [0.29, 0.717) is 0 Å². The van der Waals surface area contributed by atoms with Crippen molar-refractivity contribution in [3.05, 3.63) is 95.2 Å². The molecule has 1 aliphatic carbocycles. The van der Waals surface area contributed by atoms with Crippen molar-refractivity contribution in [2.45, 2.75) is 84.0 Å². The Balaban J connectivity index is 1.54. The lowest BCUT2D eigenvalue weighted by molar-refractivity contribution is -0.439. The molecule has 0 radical (unpaired) electrons. The predicted octanol–water partition coefficient (Wildman–Crippen LogP) is 9.44. The fourth-order valence-corrected chi connectivity index (χ4v) is 7.70. The Kier molecular flexibility index (Phi) is 6.57. The first kappa shape index (κ1) is 26.1. The van der Waals surface area contributed by atoms with Crippen LogP contribution < -0.4 is 4.90 Å². The zero-order valence-electron chi connectivity index (χ0n) is 24.8. The predicted molar refractivity (Wildman–Crippen MR) is 168 cm³/mol. The van der Waals surface area contributed by atoms with Gasteiger partial charge in [-0.1, -0.05) is 85.9 Å². The van der Waals surface area contributed by atoms with Crippen LogP contribution in [0.5, 0.6) is 0 Å². The lowest BCUT2D eigenvalue weighted by Crippen LogP contribution is -2.33. The monoisotopic (exact) mass is 517 g/mol. The summed E-state index contributed by atoms with van der Waals surface area (Å²) in [4.78, 5) is 2.49. The smallest absolute Gasteiger partial charge is 0.209 e. The molecule has 2 heterocycles. The molecule has 0 saturated heterocycles. The third-order valence-electron chi connectivity index (χ3n) is 9.97. The molecule has 2 aliphatic heterocycles. The fraction of sp³-hybridized carbons (Fsp3) is 0.432. The number of likely N-dealkylation sites (N-methyl/N-ethyl adjacent to an activating group) is 1. The van der Waals surface area contributed by atoms with Gasteiger partial charge in [-0.2, -0.15) is 4.58 Å². The molecule has 202 valence electrons. The maximum absolute atomic E-state index is 2.68. The highest BCUT2D eigenvalue weighted by Gasteiger charge is 2.48. The number of anilines is 1. The van der Waals surface area contributed by atoms with Gasteiger partial charge in [-0.3, -0.25) is 0 Å². The maximum atomic E-state index is 2.68. The second-order valence-corrected chi connectivity index (χ2v) is 13.2. The summed E-state index contributed by atoms with van der Waals surface area (Å²) >= 11 is 0. The molecule has 0 amide bonds. The van der Waals surface area contributed by atoms with Crippen molar-refractivity contribution in [1.29, 1.82) is 0 Å². The number of para-hydroxylation sites is 1. The van der Waals surface area contributed by atoms with Gasteiger partial charge in [-0.15, -0.1) is 0 Å². The Bertz CT molecular complexity index is 1510. The Morgan fingerprint density at radius 1 is 0.949 bits per heavy atom. The van der Waals surface area contributed by atoms with Gasteiger partial charge in [0.1, 0.15) is 6.54 Å². The van der Waals surface area contributed by atoms with Gasteiger partial charge in [-0.05, 0) is 69.4 Å². The van der Waals surface area contributed by atoms with Crippen LogP contribution in [0, 0.1) is 5.92 Å². The summed E-state index contributed by atoms with van der Waals surface area (Å²) in [5.74, 6) is 0.877. The molecule has 0 N–H and O–H groups in total. The topological polar surface area (TPSA) is 6.25 Å². The van der Waals surface area contributed by atoms with Crippen LogP contribution in [0.3, 0.4) is 0 Å². The minimum absolute atomic E-state index is 0.0472. The van der Waals surface area contributed by atoms with Gasteiger partial charge in [0.05, 0.1) is 5.41 Å². The number of benzene rings is 3. The molecule has 39 heavy (non-hydrogen) atoms. The highest BCUT2D eigenvalue weighted by molar-refractivity contribution is 6.05. The van der Waals surface area contributed by atoms with E-state index in [4.69, 9.17) is 0 Å². The molecule has 1 atom stereocenters. The highest BCUT2D eigenvalue weighted by Crippen LogP contribution is 2.53. The quantitative estimate of drug-likeness (QED) is 0.233. The number of hydrogen-bond acceptors (Lipinski definition) is 1. The molecule has 3 aliphatic rings. The van der Waals surface area contributed by atoms with Gasteiger partial charge in [0.15, 0.2) is 5.71 Å². The van der Waals surface area contributed by atoms with E-state index >= 15 is 0 Å². The Morgan fingerprint density at radius 3 is 2.44 bits per heavy atom. The normalized spacial score (nSPS) is 23.1. The first-order chi connectivity index (χ1) is 18.7. The largest absolute Gasteiger partial charge is 0.347 e. The molecule has 2 nitrogen and oxygen atoms in total. The van der Waals surface area contributed by atoms with Crippen molar-refractivity contribution in [1.82, 2.24) is 0 Å². The zero-order valence-corrected chi connectivity index (χ0v) is 24.8. The van der Waals surface area contributed by atoms with E-state index in [0.717, 1.165) is 18.9 Å². The Labute approximate surface area is 235 Å². The van der Waals surface area contributed by atoms with E-state index in [9.17, 15) is 0 Å². The highest BCUT2D eigenvalue weighted by atomic mass is 15.2. The molecule has 3 aromatic rings. The third kappa shape index (κ3) is 4.28. The van der Waals surface area contributed by atoms with Crippen molar-refractivity contribution in [3.63, 3.8) is 0 Å². The zero-order chi connectivity index (χ0) is 27.4. The van der Waals surface area contributed by atoms with Crippen LogP contribution in [0.25, 0.3) is 10.8 Å². The first-order valence-electron chi connectivity index (χ1n) is 15.1. The van der Waals surface area contributed by atoms with Gasteiger partial charge in [0.2, 0.25) is 5.69 Å². The number of nitrogens with zero attached hydrogens (tertiary/aromatic N) is 2. The fourth-order valence-electron chi connectivity index (χ4n) is 7.70. The van der Waals surface area contributed by atoms with E-state index in [1.807, 2.05) is 0 Å². The van der Waals surface area contributed by atoms with Crippen molar-refractivity contribution in [2.24, 2.45) is 5.92 Å². The average Bonchev–Trinajstić information content (AvgIpc) is 3.58. The number of fused-ring (bicyclic) bond motifs is 4. The summed E-state index contributed by atoms with van der Waals surface area (Å²) < 4.78 is 2.68. The summed E-state index contributed by atoms with van der Waals surface area (Å²) in [5, 5.41) is 2.71. The average molecular weight is 518 g/mol. The minimum Gasteiger partial charge on any atom is -0.347 e. The summed E-state index contributed by atoms with van der Waals surface area (Å²) in [6, 6.07) is 22.7. The molecule has 6 rings (SSSR count). The van der Waals surface area contributed by atoms with E-state index in [-0.39, 0.29) is 10.8 Å². The first-order valence-corrected chi connectivity index (χ1v) is 15.1. The molecular weight excluding hydrogens is 472 g/mol. The van der Waals surface area contributed by atoms with Gasteiger partial charge < -0.3 is 4.90 Å². The van der Waals surface area contributed by atoms with Crippen molar-refractivity contribution in [3.8, 4) is 0 Å². The van der Waals surface area contributed by atoms with Crippen LogP contribution in [0.4, 0.5) is 11.4 Å². The number of hydrogen-bond donors (Lipinski definition) is 0. The Hall–Kier alpha value is -3.13. The van der Waals surface area contributed by atoms with Crippen molar-refractivity contribution < 1.29 is 4.58 Å². The Morgan fingerprint density at radius 2 is 1.67 bits per heavy atom. The van der Waals surface area contributed by atoms with Gasteiger partial charge in [-0.25, -0.2) is 0 Å². The van der Waals surface area contributed by atoms with Crippen LogP contribution >= 0.6 is 0 Å². The van der Waals surface area contributed by atoms with E-state index < -0.39 is 0 Å². The van der Waals surface area contributed by atoms with Crippen molar-refractivity contribution >= 4 is 27.9 Å². The summed E-state index contributed by atoms with van der Waals surface area (Å²) in [5.41, 5.74) is 9.75.